The molecular weight excluding hydrogens is 250 g/mol. The first-order valence-electron chi connectivity index (χ1n) is 7.04. The second kappa shape index (κ2) is 5.12. The smallest absolute Gasteiger partial charge is 0.256 e. The highest BCUT2D eigenvalue weighted by molar-refractivity contribution is 5.94. The average Bonchev–Trinajstić information content (AvgIpc) is 2.94. The van der Waals surface area contributed by atoms with Crippen LogP contribution in [0.15, 0.2) is 42.9 Å². The van der Waals surface area contributed by atoms with Crippen molar-refractivity contribution in [2.45, 2.75) is 26.4 Å². The van der Waals surface area contributed by atoms with Gasteiger partial charge in [0.1, 0.15) is 0 Å². The lowest BCUT2D eigenvalue weighted by Crippen LogP contribution is -2.43. The van der Waals surface area contributed by atoms with Crippen molar-refractivity contribution in [2.75, 3.05) is 6.54 Å². The molecule has 1 atom stereocenters. The van der Waals surface area contributed by atoms with Crippen LogP contribution < -0.4 is 0 Å². The minimum Gasteiger partial charge on any atom is -0.348 e. The van der Waals surface area contributed by atoms with Crippen LogP contribution in [0.3, 0.4) is 0 Å². The second-order valence-electron chi connectivity index (χ2n) is 5.56. The zero-order chi connectivity index (χ0) is 14.1. The Balaban J connectivity index is 1.96. The van der Waals surface area contributed by atoms with Gasteiger partial charge in [-0.05, 0) is 30.2 Å². The molecule has 4 heteroatoms. The minimum absolute atomic E-state index is 0.0734. The van der Waals surface area contributed by atoms with Gasteiger partial charge in [-0.25, -0.2) is 0 Å². The van der Waals surface area contributed by atoms with Gasteiger partial charge in [-0.15, -0.1) is 0 Å². The number of carbonyl (C=O) groups excluding carboxylic acids is 1. The van der Waals surface area contributed by atoms with Crippen LogP contribution in [0, 0.1) is 5.92 Å². The molecule has 0 N–H and O–H groups in total. The van der Waals surface area contributed by atoms with Crippen LogP contribution in [0.5, 0.6) is 0 Å². The van der Waals surface area contributed by atoms with Crippen LogP contribution in [0.4, 0.5) is 0 Å². The molecule has 1 aliphatic rings. The highest BCUT2D eigenvalue weighted by Crippen LogP contribution is 2.33. The molecule has 0 saturated carbocycles. The predicted molar refractivity (Wildman–Crippen MR) is 77.3 cm³/mol. The zero-order valence-electron chi connectivity index (χ0n) is 11.9. The molecule has 2 aromatic rings. The normalized spacial score (nSPS) is 18.1. The lowest BCUT2D eigenvalue weighted by Gasteiger charge is -2.39. The molecule has 0 saturated heterocycles. The number of hydrogen-bond acceptors (Lipinski definition) is 2. The first-order chi connectivity index (χ1) is 9.68. The van der Waals surface area contributed by atoms with Crippen LogP contribution >= 0.6 is 0 Å². The number of pyridine rings is 1. The fourth-order valence-electron chi connectivity index (χ4n) is 3.00. The fourth-order valence-corrected chi connectivity index (χ4v) is 3.00. The lowest BCUT2D eigenvalue weighted by atomic mass is 9.96. The molecule has 0 aliphatic carbocycles. The monoisotopic (exact) mass is 269 g/mol. The van der Waals surface area contributed by atoms with E-state index in [2.05, 4.69) is 41.7 Å². The van der Waals surface area contributed by atoms with E-state index in [0.717, 1.165) is 13.1 Å². The third-order valence-corrected chi connectivity index (χ3v) is 3.89. The van der Waals surface area contributed by atoms with Crippen LogP contribution in [0.25, 0.3) is 0 Å². The summed E-state index contributed by atoms with van der Waals surface area (Å²) >= 11 is 0. The van der Waals surface area contributed by atoms with E-state index in [1.54, 1.807) is 12.4 Å². The number of rotatable bonds is 2. The summed E-state index contributed by atoms with van der Waals surface area (Å²) in [6.45, 7) is 5.93. The van der Waals surface area contributed by atoms with Crippen molar-refractivity contribution < 1.29 is 4.79 Å². The predicted octanol–water partition coefficient (Wildman–Crippen LogP) is 2.74. The van der Waals surface area contributed by atoms with Gasteiger partial charge in [0.2, 0.25) is 0 Å². The zero-order valence-corrected chi connectivity index (χ0v) is 11.9. The Labute approximate surface area is 119 Å². The van der Waals surface area contributed by atoms with Crippen LogP contribution in [-0.4, -0.2) is 26.9 Å². The Kier molecular flexibility index (Phi) is 3.30. The fraction of sp³-hybridized carbons (Fsp3) is 0.375. The molecule has 3 rings (SSSR count). The molecule has 0 radical (unpaired) electrons. The van der Waals surface area contributed by atoms with Crippen LogP contribution in [0.1, 0.15) is 35.9 Å². The van der Waals surface area contributed by atoms with Crippen molar-refractivity contribution in [1.82, 2.24) is 14.5 Å². The quantitative estimate of drug-likeness (QED) is 0.840. The third-order valence-electron chi connectivity index (χ3n) is 3.89. The van der Waals surface area contributed by atoms with Gasteiger partial charge in [-0.2, -0.15) is 0 Å². The molecule has 0 bridgehead atoms. The molecule has 1 aliphatic heterocycles. The lowest BCUT2D eigenvalue weighted by molar-refractivity contribution is 0.0556. The number of aromatic nitrogens is 2. The molecule has 0 fully saturated rings. The van der Waals surface area contributed by atoms with Crippen LogP contribution in [0.2, 0.25) is 0 Å². The SMILES string of the molecule is CC(C)[C@@H]1c2cccn2CCN1C(=O)c1cccnc1. The van der Waals surface area contributed by atoms with Gasteiger partial charge in [-0.3, -0.25) is 9.78 Å². The van der Waals surface area contributed by atoms with Gasteiger partial charge >= 0.3 is 0 Å². The van der Waals surface area contributed by atoms with Crippen molar-refractivity contribution in [1.29, 1.82) is 0 Å². The Morgan fingerprint density at radius 1 is 1.30 bits per heavy atom. The summed E-state index contributed by atoms with van der Waals surface area (Å²) in [5.74, 6) is 0.453. The molecule has 0 spiro atoms. The van der Waals surface area contributed by atoms with Crippen molar-refractivity contribution >= 4 is 5.91 Å². The Morgan fingerprint density at radius 3 is 2.85 bits per heavy atom. The van der Waals surface area contributed by atoms with Gasteiger partial charge in [0.05, 0.1) is 11.6 Å². The molecule has 3 heterocycles. The molecular formula is C16H19N3O. The standard InChI is InChI=1S/C16H19N3O/c1-12(2)15-14-6-4-8-18(14)9-10-19(15)16(20)13-5-3-7-17-11-13/h3-8,11-12,15H,9-10H2,1-2H3/t15-/m1/s1. The Hall–Kier alpha value is -2.10. The van der Waals surface area contributed by atoms with Gasteiger partial charge in [0, 0.05) is 37.4 Å². The van der Waals surface area contributed by atoms with Gasteiger partial charge in [0.25, 0.3) is 5.91 Å². The topological polar surface area (TPSA) is 38.1 Å². The summed E-state index contributed by atoms with van der Waals surface area (Å²) in [5, 5.41) is 0. The maximum Gasteiger partial charge on any atom is 0.256 e. The van der Waals surface area contributed by atoms with E-state index in [-0.39, 0.29) is 11.9 Å². The Morgan fingerprint density at radius 2 is 2.15 bits per heavy atom. The summed E-state index contributed by atoms with van der Waals surface area (Å²) in [5.41, 5.74) is 1.89. The van der Waals surface area contributed by atoms with Gasteiger partial charge < -0.3 is 9.47 Å². The van der Waals surface area contributed by atoms with E-state index < -0.39 is 0 Å². The summed E-state index contributed by atoms with van der Waals surface area (Å²) in [4.78, 5) is 18.8. The maximum absolute atomic E-state index is 12.7. The van der Waals surface area contributed by atoms with E-state index in [9.17, 15) is 4.79 Å². The van der Waals surface area contributed by atoms with Crippen LogP contribution in [-0.2, 0) is 6.54 Å². The molecule has 2 aromatic heterocycles. The van der Waals surface area contributed by atoms with Crippen molar-refractivity contribution in [3.8, 4) is 0 Å². The number of amides is 1. The molecule has 20 heavy (non-hydrogen) atoms. The van der Waals surface area contributed by atoms with E-state index in [1.165, 1.54) is 5.69 Å². The highest BCUT2D eigenvalue weighted by atomic mass is 16.2. The number of hydrogen-bond donors (Lipinski definition) is 0. The molecule has 0 unspecified atom stereocenters. The molecule has 4 nitrogen and oxygen atoms in total. The maximum atomic E-state index is 12.7. The van der Waals surface area contributed by atoms with Gasteiger partial charge in [0.15, 0.2) is 0 Å². The molecule has 104 valence electrons. The summed E-state index contributed by atoms with van der Waals surface area (Å²) < 4.78 is 2.25. The molecule has 0 aromatic carbocycles. The highest BCUT2D eigenvalue weighted by Gasteiger charge is 2.33. The van der Waals surface area contributed by atoms with E-state index in [4.69, 9.17) is 0 Å². The Bertz CT molecular complexity index is 603. The number of nitrogens with zero attached hydrogens (tertiary/aromatic N) is 3. The first kappa shape index (κ1) is 12.9. The van der Waals surface area contributed by atoms with Crippen molar-refractivity contribution in [3.63, 3.8) is 0 Å². The van der Waals surface area contributed by atoms with Crippen molar-refractivity contribution in [2.24, 2.45) is 5.92 Å². The average molecular weight is 269 g/mol. The van der Waals surface area contributed by atoms with Gasteiger partial charge in [-0.1, -0.05) is 13.8 Å². The largest absolute Gasteiger partial charge is 0.348 e. The first-order valence-corrected chi connectivity index (χ1v) is 7.04. The van der Waals surface area contributed by atoms with E-state index in [1.807, 2.05) is 17.0 Å². The molecule has 1 amide bonds. The summed E-state index contributed by atoms with van der Waals surface area (Å²) in [6, 6.07) is 7.95. The minimum atomic E-state index is 0.0734. The third kappa shape index (κ3) is 2.11. The van der Waals surface area contributed by atoms with E-state index in [0.29, 0.717) is 11.5 Å². The summed E-state index contributed by atoms with van der Waals surface area (Å²) in [7, 11) is 0. The summed E-state index contributed by atoms with van der Waals surface area (Å²) in [6.07, 6.45) is 5.43. The second-order valence-corrected chi connectivity index (χ2v) is 5.56. The van der Waals surface area contributed by atoms with E-state index >= 15 is 0 Å². The van der Waals surface area contributed by atoms with Crippen molar-refractivity contribution in [3.05, 3.63) is 54.1 Å². The number of carbonyl (C=O) groups is 1. The number of fused-ring (bicyclic) bond motifs is 1.